The van der Waals surface area contributed by atoms with Crippen molar-refractivity contribution in [1.82, 2.24) is 4.98 Å². The van der Waals surface area contributed by atoms with Gasteiger partial charge in [0.1, 0.15) is 11.6 Å². The van der Waals surface area contributed by atoms with E-state index in [0.717, 1.165) is 11.1 Å². The molecule has 0 bridgehead atoms. The minimum Gasteiger partial charge on any atom is -0.424 e. The lowest BCUT2D eigenvalue weighted by Gasteiger charge is -2.14. The van der Waals surface area contributed by atoms with E-state index in [1.807, 2.05) is 25.1 Å². The van der Waals surface area contributed by atoms with Gasteiger partial charge in [-0.2, -0.15) is 4.98 Å². The van der Waals surface area contributed by atoms with Gasteiger partial charge < -0.3 is 15.5 Å². The van der Waals surface area contributed by atoms with Crippen molar-refractivity contribution in [2.75, 3.05) is 5.32 Å². The average molecular weight is 316 g/mol. The van der Waals surface area contributed by atoms with Crippen LogP contribution < -0.4 is 11.1 Å². The number of carbonyl (C=O) groups is 1. The number of nitrogens with zero attached hydrogens (tertiary/aromatic N) is 1. The van der Waals surface area contributed by atoms with Gasteiger partial charge in [-0.1, -0.05) is 29.8 Å². The molecule has 112 valence electrons. The minimum absolute atomic E-state index is 0.249. The van der Waals surface area contributed by atoms with E-state index in [2.05, 4.69) is 10.3 Å². The highest BCUT2D eigenvalue weighted by atomic mass is 35.5. The predicted octanol–water partition coefficient (Wildman–Crippen LogP) is 3.43. The highest BCUT2D eigenvalue weighted by Gasteiger charge is 2.20. The van der Waals surface area contributed by atoms with Crippen molar-refractivity contribution >= 4 is 34.6 Å². The number of aromatic nitrogens is 1. The summed E-state index contributed by atoms with van der Waals surface area (Å²) in [6.45, 7) is 1.97. The van der Waals surface area contributed by atoms with Gasteiger partial charge in [0, 0.05) is 5.02 Å². The van der Waals surface area contributed by atoms with Gasteiger partial charge in [-0.3, -0.25) is 4.79 Å². The summed E-state index contributed by atoms with van der Waals surface area (Å²) in [5.41, 5.74) is 8.61. The van der Waals surface area contributed by atoms with Crippen LogP contribution in [0.25, 0.3) is 11.1 Å². The Balaban J connectivity index is 1.92. The van der Waals surface area contributed by atoms with Crippen LogP contribution in [0.2, 0.25) is 5.02 Å². The number of halogens is 1. The number of fused-ring (bicyclic) bond motifs is 1. The molecule has 1 amide bonds. The van der Waals surface area contributed by atoms with Gasteiger partial charge >= 0.3 is 0 Å². The van der Waals surface area contributed by atoms with Gasteiger partial charge in [-0.05, 0) is 42.3 Å². The third-order valence-electron chi connectivity index (χ3n) is 3.30. The molecular formula is C16H14ClN3O2. The Morgan fingerprint density at radius 1 is 1.27 bits per heavy atom. The predicted molar refractivity (Wildman–Crippen MR) is 85.8 cm³/mol. The zero-order chi connectivity index (χ0) is 15.7. The SMILES string of the molecule is Cc1ccc2oc(N[C@@H](C(N)=O)c3ccc(Cl)cc3)nc2c1. The third-order valence-corrected chi connectivity index (χ3v) is 3.55. The molecule has 1 atom stereocenters. The molecule has 0 aliphatic carbocycles. The Kier molecular flexibility index (Phi) is 3.73. The molecule has 3 rings (SSSR count). The molecule has 5 nitrogen and oxygen atoms in total. The van der Waals surface area contributed by atoms with E-state index in [-0.39, 0.29) is 6.01 Å². The number of oxazole rings is 1. The fourth-order valence-corrected chi connectivity index (χ4v) is 2.32. The number of hydrogen-bond acceptors (Lipinski definition) is 4. The summed E-state index contributed by atoms with van der Waals surface area (Å²) in [5.74, 6) is -0.527. The van der Waals surface area contributed by atoms with E-state index in [1.165, 1.54) is 0 Å². The summed E-state index contributed by atoms with van der Waals surface area (Å²) in [5, 5.41) is 3.52. The monoisotopic (exact) mass is 315 g/mol. The molecule has 0 saturated carbocycles. The van der Waals surface area contributed by atoms with Crippen molar-refractivity contribution in [2.24, 2.45) is 5.73 Å². The molecule has 0 spiro atoms. The first kappa shape index (κ1) is 14.4. The first-order valence-corrected chi connectivity index (χ1v) is 7.09. The van der Waals surface area contributed by atoms with E-state index < -0.39 is 11.9 Å². The zero-order valence-electron chi connectivity index (χ0n) is 11.8. The lowest BCUT2D eigenvalue weighted by molar-refractivity contribution is -0.118. The van der Waals surface area contributed by atoms with Gasteiger partial charge in [0.15, 0.2) is 5.58 Å². The largest absolute Gasteiger partial charge is 0.424 e. The first-order chi connectivity index (χ1) is 10.5. The molecule has 0 saturated heterocycles. The van der Waals surface area contributed by atoms with E-state index >= 15 is 0 Å². The standard InChI is InChI=1S/C16H14ClN3O2/c1-9-2-7-13-12(8-9)19-16(22-13)20-14(15(18)21)10-3-5-11(17)6-4-10/h2-8,14H,1H3,(H2,18,21)(H,19,20)/t14-/m1/s1. The number of rotatable bonds is 4. The van der Waals surface area contributed by atoms with Gasteiger partial charge in [-0.15, -0.1) is 0 Å². The van der Waals surface area contributed by atoms with Crippen LogP contribution in [-0.4, -0.2) is 10.9 Å². The Morgan fingerprint density at radius 2 is 2.00 bits per heavy atom. The Morgan fingerprint density at radius 3 is 2.68 bits per heavy atom. The number of amides is 1. The summed E-state index contributed by atoms with van der Waals surface area (Å²) in [7, 11) is 0. The molecule has 0 aliphatic heterocycles. The Hall–Kier alpha value is -2.53. The average Bonchev–Trinajstić information content (AvgIpc) is 2.87. The maximum atomic E-state index is 11.7. The number of carbonyl (C=O) groups excluding carboxylic acids is 1. The van der Waals surface area contributed by atoms with Gasteiger partial charge in [0.2, 0.25) is 5.91 Å². The van der Waals surface area contributed by atoms with Crippen molar-refractivity contribution in [2.45, 2.75) is 13.0 Å². The highest BCUT2D eigenvalue weighted by molar-refractivity contribution is 6.30. The molecule has 2 aromatic carbocycles. The molecule has 6 heteroatoms. The van der Waals surface area contributed by atoms with Crippen molar-refractivity contribution in [3.8, 4) is 0 Å². The molecule has 1 heterocycles. The molecule has 3 aromatic rings. The molecule has 0 aliphatic rings. The van der Waals surface area contributed by atoms with E-state index in [4.69, 9.17) is 21.8 Å². The fourth-order valence-electron chi connectivity index (χ4n) is 2.20. The summed E-state index contributed by atoms with van der Waals surface area (Å²) in [6.07, 6.45) is 0. The van der Waals surface area contributed by atoms with Crippen LogP contribution in [0.4, 0.5) is 6.01 Å². The number of primary amides is 1. The zero-order valence-corrected chi connectivity index (χ0v) is 12.6. The van der Waals surface area contributed by atoms with Crippen LogP contribution in [0, 0.1) is 6.92 Å². The Labute approximate surface area is 132 Å². The normalized spacial score (nSPS) is 12.3. The molecular weight excluding hydrogens is 302 g/mol. The van der Waals surface area contributed by atoms with Gasteiger partial charge in [0.25, 0.3) is 6.01 Å². The minimum atomic E-state index is -0.744. The fraction of sp³-hybridized carbons (Fsp3) is 0.125. The molecule has 0 fully saturated rings. The first-order valence-electron chi connectivity index (χ1n) is 6.71. The van der Waals surface area contributed by atoms with Crippen molar-refractivity contribution in [3.63, 3.8) is 0 Å². The summed E-state index contributed by atoms with van der Waals surface area (Å²) >= 11 is 5.86. The van der Waals surface area contributed by atoms with Crippen molar-refractivity contribution < 1.29 is 9.21 Å². The van der Waals surface area contributed by atoms with Crippen LogP contribution in [-0.2, 0) is 4.79 Å². The van der Waals surface area contributed by atoms with Gasteiger partial charge in [-0.25, -0.2) is 0 Å². The number of benzene rings is 2. The van der Waals surface area contributed by atoms with Crippen LogP contribution in [0.1, 0.15) is 17.2 Å². The maximum absolute atomic E-state index is 11.7. The van der Waals surface area contributed by atoms with Crippen molar-refractivity contribution in [1.29, 1.82) is 0 Å². The van der Waals surface area contributed by atoms with E-state index in [0.29, 0.717) is 16.2 Å². The second-order valence-electron chi connectivity index (χ2n) is 5.02. The van der Waals surface area contributed by atoms with Gasteiger partial charge in [0.05, 0.1) is 0 Å². The molecule has 0 radical (unpaired) electrons. The van der Waals surface area contributed by atoms with Crippen LogP contribution >= 0.6 is 11.6 Å². The van der Waals surface area contributed by atoms with E-state index in [9.17, 15) is 4.79 Å². The number of nitrogens with two attached hydrogens (primary N) is 1. The Bertz CT molecular complexity index is 827. The number of nitrogens with one attached hydrogen (secondary N) is 1. The van der Waals surface area contributed by atoms with Crippen LogP contribution in [0.3, 0.4) is 0 Å². The second-order valence-corrected chi connectivity index (χ2v) is 5.46. The number of aryl methyl sites for hydroxylation is 1. The lowest BCUT2D eigenvalue weighted by atomic mass is 10.1. The molecule has 0 unspecified atom stereocenters. The van der Waals surface area contributed by atoms with E-state index in [1.54, 1.807) is 24.3 Å². The number of anilines is 1. The lowest BCUT2D eigenvalue weighted by Crippen LogP contribution is -2.27. The second kappa shape index (κ2) is 5.69. The number of hydrogen-bond donors (Lipinski definition) is 2. The quantitative estimate of drug-likeness (QED) is 0.773. The summed E-state index contributed by atoms with van der Waals surface area (Å²) in [4.78, 5) is 16.0. The maximum Gasteiger partial charge on any atom is 0.296 e. The highest BCUT2D eigenvalue weighted by Crippen LogP contribution is 2.24. The van der Waals surface area contributed by atoms with Crippen molar-refractivity contribution in [3.05, 3.63) is 58.6 Å². The molecule has 3 N–H and O–H groups in total. The van der Waals surface area contributed by atoms with Crippen LogP contribution in [0.5, 0.6) is 0 Å². The summed E-state index contributed by atoms with van der Waals surface area (Å²) in [6, 6.07) is 12.0. The third kappa shape index (κ3) is 2.89. The molecule has 22 heavy (non-hydrogen) atoms. The smallest absolute Gasteiger partial charge is 0.296 e. The topological polar surface area (TPSA) is 81.1 Å². The molecule has 1 aromatic heterocycles. The summed E-state index contributed by atoms with van der Waals surface area (Å²) < 4.78 is 5.59. The van der Waals surface area contributed by atoms with Crippen LogP contribution in [0.15, 0.2) is 46.9 Å².